The number of nitrogens with zero attached hydrogens (tertiary/aromatic N) is 2. The van der Waals surface area contributed by atoms with Gasteiger partial charge in [0.25, 0.3) is 5.91 Å². The second kappa shape index (κ2) is 4.66. The minimum absolute atomic E-state index is 0.148. The van der Waals surface area contributed by atoms with E-state index in [1.165, 1.54) is 6.20 Å². The van der Waals surface area contributed by atoms with Crippen LogP contribution < -0.4 is 5.32 Å². The average molecular weight is 215 g/mol. The molecule has 1 aromatic rings. The normalized spacial score (nSPS) is 12.1. The van der Waals surface area contributed by atoms with Crippen LogP contribution in [0.2, 0.25) is 0 Å². The standard InChI is InChI=1S/C7H9N3O3S/c1-2-4(7(12)13)9-6(11)5-3-8-14-10-5/h3-4H,2H2,1H3,(H,9,11)(H,12,13)/t4-/m0/s1. The maximum Gasteiger partial charge on any atom is 0.326 e. The molecular weight excluding hydrogens is 206 g/mol. The molecule has 2 N–H and O–H groups in total. The molecular formula is C7H9N3O3S. The van der Waals surface area contributed by atoms with Gasteiger partial charge in [-0.2, -0.15) is 8.75 Å². The molecule has 0 aliphatic rings. The molecule has 1 aromatic heterocycles. The fourth-order valence-corrected chi connectivity index (χ4v) is 1.25. The van der Waals surface area contributed by atoms with Gasteiger partial charge in [0.2, 0.25) is 0 Å². The molecule has 1 atom stereocenters. The fraction of sp³-hybridized carbons (Fsp3) is 0.429. The second-order valence-electron chi connectivity index (χ2n) is 2.57. The van der Waals surface area contributed by atoms with Gasteiger partial charge in [-0.05, 0) is 6.42 Å². The van der Waals surface area contributed by atoms with Crippen LogP contribution in [0.25, 0.3) is 0 Å². The first-order valence-electron chi connectivity index (χ1n) is 3.96. The fourth-order valence-electron chi connectivity index (χ4n) is 0.835. The second-order valence-corrected chi connectivity index (χ2v) is 3.12. The summed E-state index contributed by atoms with van der Waals surface area (Å²) in [5.41, 5.74) is 0.148. The Hall–Kier alpha value is -1.50. The lowest BCUT2D eigenvalue weighted by Gasteiger charge is -2.10. The van der Waals surface area contributed by atoms with Crippen LogP contribution in [-0.2, 0) is 4.79 Å². The first-order chi connectivity index (χ1) is 6.65. The van der Waals surface area contributed by atoms with E-state index in [4.69, 9.17) is 5.11 Å². The van der Waals surface area contributed by atoms with Crippen LogP contribution in [-0.4, -0.2) is 31.8 Å². The summed E-state index contributed by atoms with van der Waals surface area (Å²) in [5.74, 6) is -1.56. The third-order valence-electron chi connectivity index (χ3n) is 1.61. The van der Waals surface area contributed by atoms with Crippen LogP contribution in [0, 0.1) is 0 Å². The Labute approximate surface area is 84.3 Å². The Morgan fingerprint density at radius 3 is 2.86 bits per heavy atom. The summed E-state index contributed by atoms with van der Waals surface area (Å²) in [5, 5.41) is 11.0. The molecule has 0 aliphatic heterocycles. The number of nitrogens with one attached hydrogen (secondary N) is 1. The summed E-state index contributed by atoms with van der Waals surface area (Å²) < 4.78 is 7.33. The van der Waals surface area contributed by atoms with Crippen molar-refractivity contribution in [2.24, 2.45) is 0 Å². The lowest BCUT2D eigenvalue weighted by molar-refractivity contribution is -0.139. The zero-order valence-electron chi connectivity index (χ0n) is 7.43. The van der Waals surface area contributed by atoms with Gasteiger partial charge < -0.3 is 10.4 Å². The Morgan fingerprint density at radius 1 is 1.71 bits per heavy atom. The van der Waals surface area contributed by atoms with Gasteiger partial charge in [0.1, 0.15) is 6.04 Å². The van der Waals surface area contributed by atoms with Gasteiger partial charge in [-0.25, -0.2) is 4.79 Å². The van der Waals surface area contributed by atoms with Gasteiger partial charge in [-0.15, -0.1) is 0 Å². The molecule has 0 aliphatic carbocycles. The summed E-state index contributed by atoms with van der Waals surface area (Å²) in [4.78, 5) is 21.9. The number of aliphatic carboxylic acids is 1. The predicted octanol–water partition coefficient (Wildman–Crippen LogP) is 0.131. The van der Waals surface area contributed by atoms with Crippen LogP contribution in [0.15, 0.2) is 6.20 Å². The molecule has 1 amide bonds. The highest BCUT2D eigenvalue weighted by atomic mass is 32.1. The van der Waals surface area contributed by atoms with Gasteiger partial charge in [0.15, 0.2) is 5.69 Å². The van der Waals surface area contributed by atoms with Crippen molar-refractivity contribution in [3.05, 3.63) is 11.9 Å². The predicted molar refractivity (Wildman–Crippen MR) is 49.1 cm³/mol. The molecule has 0 saturated heterocycles. The largest absolute Gasteiger partial charge is 0.480 e. The van der Waals surface area contributed by atoms with Crippen molar-refractivity contribution in [3.8, 4) is 0 Å². The van der Waals surface area contributed by atoms with Gasteiger partial charge in [-0.3, -0.25) is 4.79 Å². The van der Waals surface area contributed by atoms with E-state index in [-0.39, 0.29) is 5.69 Å². The van der Waals surface area contributed by atoms with E-state index in [0.717, 1.165) is 11.7 Å². The van der Waals surface area contributed by atoms with Gasteiger partial charge >= 0.3 is 5.97 Å². The maximum absolute atomic E-state index is 11.3. The molecule has 0 saturated carbocycles. The van der Waals surface area contributed by atoms with E-state index in [9.17, 15) is 9.59 Å². The molecule has 6 nitrogen and oxygen atoms in total. The van der Waals surface area contributed by atoms with Crippen molar-refractivity contribution in [1.82, 2.24) is 14.1 Å². The number of hydrogen-bond acceptors (Lipinski definition) is 5. The smallest absolute Gasteiger partial charge is 0.326 e. The highest BCUT2D eigenvalue weighted by molar-refractivity contribution is 6.99. The number of carbonyl (C=O) groups excluding carboxylic acids is 1. The molecule has 76 valence electrons. The van der Waals surface area contributed by atoms with Crippen molar-refractivity contribution in [1.29, 1.82) is 0 Å². The van der Waals surface area contributed by atoms with Crippen LogP contribution >= 0.6 is 11.7 Å². The molecule has 14 heavy (non-hydrogen) atoms. The van der Waals surface area contributed by atoms with Crippen LogP contribution in [0.3, 0.4) is 0 Å². The minimum Gasteiger partial charge on any atom is -0.480 e. The molecule has 1 heterocycles. The number of carboxylic acids is 1. The van der Waals surface area contributed by atoms with Crippen LogP contribution in [0.5, 0.6) is 0 Å². The number of rotatable bonds is 4. The topological polar surface area (TPSA) is 92.2 Å². The molecule has 0 radical (unpaired) electrons. The first-order valence-corrected chi connectivity index (χ1v) is 4.69. The van der Waals surface area contributed by atoms with E-state index in [0.29, 0.717) is 6.42 Å². The van der Waals surface area contributed by atoms with Gasteiger partial charge in [-0.1, -0.05) is 6.92 Å². The number of carbonyl (C=O) groups is 2. The number of aromatic nitrogens is 2. The van der Waals surface area contributed by atoms with Gasteiger partial charge in [0, 0.05) is 0 Å². The molecule has 0 fully saturated rings. The zero-order valence-corrected chi connectivity index (χ0v) is 8.24. The quantitative estimate of drug-likeness (QED) is 0.744. The van der Waals surface area contributed by atoms with Crippen molar-refractivity contribution in [2.75, 3.05) is 0 Å². The maximum atomic E-state index is 11.3. The van der Waals surface area contributed by atoms with E-state index < -0.39 is 17.9 Å². The van der Waals surface area contributed by atoms with Gasteiger partial charge in [0.05, 0.1) is 17.9 Å². The average Bonchev–Trinajstić information content (AvgIpc) is 2.65. The zero-order chi connectivity index (χ0) is 10.6. The van der Waals surface area contributed by atoms with Crippen molar-refractivity contribution in [2.45, 2.75) is 19.4 Å². The summed E-state index contributed by atoms with van der Waals surface area (Å²) in [6.45, 7) is 1.68. The summed E-state index contributed by atoms with van der Waals surface area (Å²) in [6, 6.07) is -0.871. The Morgan fingerprint density at radius 2 is 2.43 bits per heavy atom. The van der Waals surface area contributed by atoms with E-state index in [1.54, 1.807) is 6.92 Å². The highest BCUT2D eigenvalue weighted by Crippen LogP contribution is 1.98. The summed E-state index contributed by atoms with van der Waals surface area (Å²) in [7, 11) is 0. The number of carboxylic acid groups (broad SMARTS) is 1. The third-order valence-corrected chi connectivity index (χ3v) is 2.08. The Kier molecular flexibility index (Phi) is 3.52. The lowest BCUT2D eigenvalue weighted by Crippen LogP contribution is -2.40. The van der Waals surface area contributed by atoms with E-state index in [2.05, 4.69) is 14.1 Å². The van der Waals surface area contributed by atoms with E-state index in [1.807, 2.05) is 0 Å². The summed E-state index contributed by atoms with van der Waals surface area (Å²) >= 11 is 0.903. The monoisotopic (exact) mass is 215 g/mol. The van der Waals surface area contributed by atoms with Crippen molar-refractivity contribution >= 4 is 23.6 Å². The molecule has 7 heteroatoms. The summed E-state index contributed by atoms with van der Waals surface area (Å²) in [6.07, 6.45) is 1.63. The van der Waals surface area contributed by atoms with Crippen LogP contribution in [0.1, 0.15) is 23.8 Å². The van der Waals surface area contributed by atoms with E-state index >= 15 is 0 Å². The number of amides is 1. The lowest BCUT2D eigenvalue weighted by atomic mass is 10.2. The van der Waals surface area contributed by atoms with Crippen molar-refractivity contribution in [3.63, 3.8) is 0 Å². The number of hydrogen-bond donors (Lipinski definition) is 2. The molecule has 0 aromatic carbocycles. The molecule has 0 bridgehead atoms. The first kappa shape index (κ1) is 10.6. The molecule has 0 spiro atoms. The Balaban J connectivity index is 2.60. The minimum atomic E-state index is -1.05. The Bertz CT molecular complexity index is 325. The van der Waals surface area contributed by atoms with Crippen LogP contribution in [0.4, 0.5) is 0 Å². The molecule has 1 rings (SSSR count). The molecule has 0 unspecified atom stereocenters. The SMILES string of the molecule is CC[C@H](NC(=O)c1cnsn1)C(=O)O. The van der Waals surface area contributed by atoms with Crippen molar-refractivity contribution < 1.29 is 14.7 Å². The third kappa shape index (κ3) is 2.49. The highest BCUT2D eigenvalue weighted by Gasteiger charge is 2.19.